The van der Waals surface area contributed by atoms with Crippen LogP contribution in [0.1, 0.15) is 17.4 Å². The molecule has 1 aromatic heterocycles. The van der Waals surface area contributed by atoms with Gasteiger partial charge in [-0.05, 0) is 25.1 Å². The van der Waals surface area contributed by atoms with E-state index >= 15 is 0 Å². The van der Waals surface area contributed by atoms with Gasteiger partial charge in [-0.2, -0.15) is 5.10 Å². The highest BCUT2D eigenvalue weighted by atomic mass is 16.6. The lowest BCUT2D eigenvalue weighted by atomic mass is 10.3. The van der Waals surface area contributed by atoms with E-state index in [9.17, 15) is 14.9 Å². The summed E-state index contributed by atoms with van der Waals surface area (Å²) in [5.41, 5.74) is 0.808. The van der Waals surface area contributed by atoms with Crippen LogP contribution in [0.3, 0.4) is 0 Å². The van der Waals surface area contributed by atoms with Gasteiger partial charge >= 0.3 is 5.97 Å². The van der Waals surface area contributed by atoms with Gasteiger partial charge in [-0.1, -0.05) is 0 Å². The standard InChI is InChI=1S/C12H11N3O4/c1-2-19-12(16)11-7-8-13-14(11)9-3-5-10(6-4-9)15(17)18/h3-8H,2H2,1H3. The molecule has 0 N–H and O–H groups in total. The number of nitro benzene ring substituents is 1. The maximum atomic E-state index is 11.7. The molecule has 7 nitrogen and oxygen atoms in total. The monoisotopic (exact) mass is 261 g/mol. The zero-order chi connectivity index (χ0) is 13.8. The quantitative estimate of drug-likeness (QED) is 0.477. The van der Waals surface area contributed by atoms with Gasteiger partial charge in [-0.3, -0.25) is 10.1 Å². The Morgan fingerprint density at radius 2 is 2.05 bits per heavy atom. The molecule has 0 unspecified atom stereocenters. The molecule has 2 aromatic rings. The minimum Gasteiger partial charge on any atom is -0.461 e. The predicted molar refractivity (Wildman–Crippen MR) is 66.2 cm³/mol. The summed E-state index contributed by atoms with van der Waals surface area (Å²) in [7, 11) is 0. The van der Waals surface area contributed by atoms with Gasteiger partial charge in [-0.25, -0.2) is 9.48 Å². The number of nitro groups is 1. The van der Waals surface area contributed by atoms with Crippen molar-refractivity contribution < 1.29 is 14.5 Å². The summed E-state index contributed by atoms with van der Waals surface area (Å²) < 4.78 is 6.28. The number of hydrogen-bond donors (Lipinski definition) is 0. The topological polar surface area (TPSA) is 87.3 Å². The van der Waals surface area contributed by atoms with Crippen LogP contribution >= 0.6 is 0 Å². The summed E-state index contributed by atoms with van der Waals surface area (Å²) >= 11 is 0. The van der Waals surface area contributed by atoms with Crippen LogP contribution in [0.4, 0.5) is 5.69 Å². The summed E-state index contributed by atoms with van der Waals surface area (Å²) in [4.78, 5) is 21.8. The number of nitrogens with zero attached hydrogens (tertiary/aromatic N) is 3. The summed E-state index contributed by atoms with van der Waals surface area (Å²) in [5, 5.41) is 14.6. The highest BCUT2D eigenvalue weighted by Crippen LogP contribution is 2.16. The Morgan fingerprint density at radius 3 is 2.63 bits per heavy atom. The first-order chi connectivity index (χ1) is 9.13. The van der Waals surface area contributed by atoms with Crippen LogP contribution in [0.2, 0.25) is 0 Å². The van der Waals surface area contributed by atoms with Gasteiger partial charge < -0.3 is 4.74 Å². The van der Waals surface area contributed by atoms with E-state index in [0.717, 1.165) is 0 Å². The van der Waals surface area contributed by atoms with Crippen molar-refractivity contribution in [3.63, 3.8) is 0 Å². The minimum absolute atomic E-state index is 0.0198. The molecule has 1 heterocycles. The third-order valence-corrected chi connectivity index (χ3v) is 2.43. The summed E-state index contributed by atoms with van der Waals surface area (Å²) in [6, 6.07) is 7.28. The lowest BCUT2D eigenvalue weighted by Gasteiger charge is -2.06. The molecule has 0 amide bonds. The van der Waals surface area contributed by atoms with Crippen molar-refractivity contribution in [1.29, 1.82) is 0 Å². The first-order valence-corrected chi connectivity index (χ1v) is 5.59. The maximum Gasteiger partial charge on any atom is 0.357 e. The fourth-order valence-electron chi connectivity index (χ4n) is 1.58. The van der Waals surface area contributed by atoms with Crippen molar-refractivity contribution in [2.24, 2.45) is 0 Å². The molecule has 0 saturated heterocycles. The lowest BCUT2D eigenvalue weighted by molar-refractivity contribution is -0.384. The zero-order valence-electron chi connectivity index (χ0n) is 10.1. The maximum absolute atomic E-state index is 11.7. The summed E-state index contributed by atoms with van der Waals surface area (Å²) in [6.07, 6.45) is 1.47. The predicted octanol–water partition coefficient (Wildman–Crippen LogP) is 1.96. The van der Waals surface area contributed by atoms with Crippen molar-refractivity contribution >= 4 is 11.7 Å². The van der Waals surface area contributed by atoms with Gasteiger partial charge in [0.2, 0.25) is 0 Å². The highest BCUT2D eigenvalue weighted by Gasteiger charge is 2.15. The molecule has 1 aromatic carbocycles. The smallest absolute Gasteiger partial charge is 0.357 e. The number of carbonyl (C=O) groups excluding carboxylic acids is 1. The van der Waals surface area contributed by atoms with E-state index < -0.39 is 10.9 Å². The second-order valence-electron chi connectivity index (χ2n) is 3.62. The minimum atomic E-state index is -0.488. The first-order valence-electron chi connectivity index (χ1n) is 5.59. The molecule has 0 spiro atoms. The van der Waals surface area contributed by atoms with Gasteiger partial charge in [0.15, 0.2) is 5.69 Å². The Labute approximate surface area is 108 Å². The van der Waals surface area contributed by atoms with Crippen LogP contribution in [-0.2, 0) is 4.74 Å². The Kier molecular flexibility index (Phi) is 3.56. The van der Waals surface area contributed by atoms with Gasteiger partial charge in [-0.15, -0.1) is 0 Å². The van der Waals surface area contributed by atoms with Crippen molar-refractivity contribution in [2.45, 2.75) is 6.92 Å². The summed E-state index contributed by atoms with van der Waals surface area (Å²) in [5.74, 6) is -0.488. The molecule has 0 aliphatic carbocycles. The second kappa shape index (κ2) is 5.30. The zero-order valence-corrected chi connectivity index (χ0v) is 10.1. The van der Waals surface area contributed by atoms with E-state index in [4.69, 9.17) is 4.74 Å². The van der Waals surface area contributed by atoms with Crippen molar-refractivity contribution in [3.8, 4) is 5.69 Å². The molecular formula is C12H11N3O4. The third-order valence-electron chi connectivity index (χ3n) is 2.43. The fourth-order valence-corrected chi connectivity index (χ4v) is 1.58. The fraction of sp³-hybridized carbons (Fsp3) is 0.167. The molecule has 98 valence electrons. The van der Waals surface area contributed by atoms with Gasteiger partial charge in [0.25, 0.3) is 5.69 Å². The Hall–Kier alpha value is -2.70. The highest BCUT2D eigenvalue weighted by molar-refractivity contribution is 5.88. The van der Waals surface area contributed by atoms with Crippen molar-refractivity contribution in [3.05, 3.63) is 52.3 Å². The number of hydrogen-bond acceptors (Lipinski definition) is 5. The van der Waals surface area contributed by atoms with Crippen LogP contribution in [0.5, 0.6) is 0 Å². The van der Waals surface area contributed by atoms with Gasteiger partial charge in [0.05, 0.1) is 23.4 Å². The van der Waals surface area contributed by atoms with E-state index in [2.05, 4.69) is 5.10 Å². The number of ether oxygens (including phenoxy) is 1. The molecule has 0 atom stereocenters. The molecule has 0 aliphatic heterocycles. The number of esters is 1. The molecule has 19 heavy (non-hydrogen) atoms. The molecule has 0 bridgehead atoms. The summed E-state index contributed by atoms with van der Waals surface area (Å²) in [6.45, 7) is 1.98. The molecule has 0 fully saturated rings. The van der Waals surface area contributed by atoms with Crippen molar-refractivity contribution in [2.75, 3.05) is 6.61 Å². The SMILES string of the molecule is CCOC(=O)c1ccnn1-c1ccc([N+](=O)[O-])cc1. The molecule has 7 heteroatoms. The molecule has 0 saturated carbocycles. The largest absolute Gasteiger partial charge is 0.461 e. The number of aromatic nitrogens is 2. The second-order valence-corrected chi connectivity index (χ2v) is 3.62. The average molecular weight is 261 g/mol. The van der Waals surface area contributed by atoms with E-state index in [1.54, 1.807) is 6.92 Å². The number of rotatable bonds is 4. The van der Waals surface area contributed by atoms with Crippen LogP contribution in [0.25, 0.3) is 5.69 Å². The molecule has 0 aliphatic rings. The van der Waals surface area contributed by atoms with E-state index in [1.165, 1.54) is 41.2 Å². The first kappa shape index (κ1) is 12.7. The van der Waals surface area contributed by atoms with Gasteiger partial charge in [0.1, 0.15) is 0 Å². The number of carbonyl (C=O) groups is 1. The van der Waals surface area contributed by atoms with Crippen LogP contribution < -0.4 is 0 Å². The van der Waals surface area contributed by atoms with Crippen molar-refractivity contribution in [1.82, 2.24) is 9.78 Å². The third kappa shape index (κ3) is 2.59. The van der Waals surface area contributed by atoms with Gasteiger partial charge in [0, 0.05) is 12.1 Å². The average Bonchev–Trinajstić information content (AvgIpc) is 2.88. The lowest BCUT2D eigenvalue weighted by Crippen LogP contribution is -2.11. The van der Waals surface area contributed by atoms with E-state index in [-0.39, 0.29) is 18.0 Å². The number of benzene rings is 1. The molecule has 2 rings (SSSR count). The Balaban J connectivity index is 2.34. The molecular weight excluding hydrogens is 250 g/mol. The van der Waals surface area contributed by atoms with E-state index in [1.807, 2.05) is 0 Å². The number of non-ortho nitro benzene ring substituents is 1. The normalized spacial score (nSPS) is 10.2. The van der Waals surface area contributed by atoms with Crippen LogP contribution in [0, 0.1) is 10.1 Å². The Morgan fingerprint density at radius 1 is 1.37 bits per heavy atom. The van der Waals surface area contributed by atoms with E-state index in [0.29, 0.717) is 5.69 Å². The Bertz CT molecular complexity index is 604. The van der Waals surface area contributed by atoms with Crippen LogP contribution in [0.15, 0.2) is 36.5 Å². The molecule has 0 radical (unpaired) electrons. The van der Waals surface area contributed by atoms with Crippen LogP contribution in [-0.4, -0.2) is 27.3 Å².